The molecular formula is C7H6N2O3. The van der Waals surface area contributed by atoms with Gasteiger partial charge in [0.05, 0.1) is 5.69 Å². The topological polar surface area (TPSA) is 93.7 Å². The zero-order valence-electron chi connectivity index (χ0n) is 5.98. The molecule has 0 bridgehead atoms. The highest BCUT2D eigenvalue weighted by Crippen LogP contribution is 2.23. The summed E-state index contributed by atoms with van der Waals surface area (Å²) in [7, 11) is 0. The van der Waals surface area contributed by atoms with E-state index in [9.17, 15) is 4.79 Å². The average Bonchev–Trinajstić information content (AvgIpc) is 2.03. The maximum atomic E-state index is 10.4. The van der Waals surface area contributed by atoms with Gasteiger partial charge < -0.3 is 10.2 Å². The van der Waals surface area contributed by atoms with E-state index in [1.807, 2.05) is 0 Å². The third kappa shape index (κ3) is 1.39. The summed E-state index contributed by atoms with van der Waals surface area (Å²) in [4.78, 5) is 10.4. The Bertz CT molecular complexity index is 335. The number of nitrogens with zero attached hydrogens (tertiary/aromatic N) is 1. The van der Waals surface area contributed by atoms with Gasteiger partial charge in [0.15, 0.2) is 0 Å². The van der Waals surface area contributed by atoms with Gasteiger partial charge in [-0.15, -0.1) is 0 Å². The number of carbonyl (C=O) groups is 1. The molecule has 1 aromatic rings. The second kappa shape index (κ2) is 3.00. The van der Waals surface area contributed by atoms with Gasteiger partial charge in [0.2, 0.25) is 0 Å². The third-order valence-corrected chi connectivity index (χ3v) is 1.34. The second-order valence-corrected chi connectivity index (χ2v) is 2.12. The summed E-state index contributed by atoms with van der Waals surface area (Å²) >= 11 is 0. The highest BCUT2D eigenvalue weighted by atomic mass is 16.4. The number of nitrogens with one attached hydrogen (secondary N) is 1. The van der Waals surface area contributed by atoms with Crippen LogP contribution in [0.3, 0.4) is 0 Å². The van der Waals surface area contributed by atoms with Gasteiger partial charge in [-0.25, -0.2) is 10.3 Å². The highest BCUT2D eigenvalue weighted by molar-refractivity contribution is 5.91. The maximum Gasteiger partial charge on any atom is 0.339 e. The van der Waals surface area contributed by atoms with Gasteiger partial charge in [0.25, 0.3) is 0 Å². The number of carboxylic acid groups (broad SMARTS) is 1. The highest BCUT2D eigenvalue weighted by Gasteiger charge is 2.08. The van der Waals surface area contributed by atoms with Crippen molar-refractivity contribution in [3.8, 4) is 5.75 Å². The quantitative estimate of drug-likeness (QED) is 0.584. The summed E-state index contributed by atoms with van der Waals surface area (Å²) < 4.78 is 0. The summed E-state index contributed by atoms with van der Waals surface area (Å²) in [5.74, 6) is -1.58. The standard InChI is InChI=1S/C7H6N2O3/c8-9-4-1-2-5(7(11)12)6(10)3-4/h1-3,8,10H,(H,11,12). The van der Waals surface area contributed by atoms with E-state index in [4.69, 9.17) is 15.7 Å². The van der Waals surface area contributed by atoms with Crippen LogP contribution in [-0.2, 0) is 0 Å². The van der Waals surface area contributed by atoms with Crippen molar-refractivity contribution >= 4 is 11.7 Å². The van der Waals surface area contributed by atoms with Crippen LogP contribution < -0.4 is 0 Å². The Morgan fingerprint density at radius 2 is 2.17 bits per heavy atom. The predicted octanol–water partition coefficient (Wildman–Crippen LogP) is 1.75. The lowest BCUT2D eigenvalue weighted by Crippen LogP contribution is -1.95. The van der Waals surface area contributed by atoms with Crippen molar-refractivity contribution in [1.29, 1.82) is 5.53 Å². The zero-order chi connectivity index (χ0) is 9.14. The fraction of sp³-hybridized carbons (Fsp3) is 0. The van der Waals surface area contributed by atoms with Crippen LogP contribution in [0.15, 0.2) is 23.3 Å². The molecule has 5 nitrogen and oxygen atoms in total. The minimum atomic E-state index is -1.20. The van der Waals surface area contributed by atoms with Gasteiger partial charge >= 0.3 is 5.97 Å². The summed E-state index contributed by atoms with van der Waals surface area (Å²) in [6, 6.07) is 3.66. The lowest BCUT2D eigenvalue weighted by atomic mass is 10.2. The molecule has 1 aromatic carbocycles. The minimum Gasteiger partial charge on any atom is -0.507 e. The molecule has 0 heterocycles. The summed E-state index contributed by atoms with van der Waals surface area (Å²) in [6.45, 7) is 0. The Morgan fingerprint density at radius 1 is 1.50 bits per heavy atom. The predicted molar refractivity (Wildman–Crippen MR) is 39.9 cm³/mol. The number of aromatic hydroxyl groups is 1. The van der Waals surface area contributed by atoms with Gasteiger partial charge in [0.1, 0.15) is 11.3 Å². The molecular weight excluding hydrogens is 160 g/mol. The summed E-state index contributed by atoms with van der Waals surface area (Å²) in [6.07, 6.45) is 0. The lowest BCUT2D eigenvalue weighted by molar-refractivity contribution is 0.0694. The zero-order valence-corrected chi connectivity index (χ0v) is 5.98. The Hall–Kier alpha value is -1.91. The number of carboxylic acids is 1. The minimum absolute atomic E-state index is 0.192. The molecule has 0 saturated carbocycles. The van der Waals surface area contributed by atoms with E-state index in [-0.39, 0.29) is 17.0 Å². The normalized spacial score (nSPS) is 9.33. The van der Waals surface area contributed by atoms with Crippen molar-refractivity contribution in [2.45, 2.75) is 0 Å². The number of benzene rings is 1. The smallest absolute Gasteiger partial charge is 0.339 e. The Balaban J connectivity index is 3.20. The first-order valence-corrected chi connectivity index (χ1v) is 3.09. The van der Waals surface area contributed by atoms with E-state index in [1.165, 1.54) is 12.1 Å². The molecule has 12 heavy (non-hydrogen) atoms. The molecule has 3 N–H and O–H groups in total. The first kappa shape index (κ1) is 8.19. The van der Waals surface area contributed by atoms with E-state index in [0.717, 1.165) is 6.07 Å². The fourth-order valence-corrected chi connectivity index (χ4v) is 0.770. The molecule has 0 atom stereocenters. The van der Waals surface area contributed by atoms with Crippen LogP contribution in [0, 0.1) is 5.53 Å². The number of phenols is 1. The first-order valence-electron chi connectivity index (χ1n) is 3.09. The molecule has 0 amide bonds. The molecule has 0 aliphatic heterocycles. The van der Waals surface area contributed by atoms with E-state index < -0.39 is 5.97 Å². The Kier molecular flexibility index (Phi) is 2.05. The monoisotopic (exact) mass is 166 g/mol. The third-order valence-electron chi connectivity index (χ3n) is 1.34. The van der Waals surface area contributed by atoms with Gasteiger partial charge in [-0.3, -0.25) is 0 Å². The molecule has 0 fully saturated rings. The summed E-state index contributed by atoms with van der Waals surface area (Å²) in [5, 5.41) is 20.6. The SMILES string of the molecule is N=Nc1ccc(C(=O)O)c(O)c1. The number of aromatic carboxylic acids is 1. The van der Waals surface area contributed by atoms with E-state index in [2.05, 4.69) is 5.11 Å². The van der Waals surface area contributed by atoms with E-state index >= 15 is 0 Å². The van der Waals surface area contributed by atoms with Gasteiger partial charge in [0, 0.05) is 6.07 Å². The van der Waals surface area contributed by atoms with Crippen LogP contribution >= 0.6 is 0 Å². The molecule has 62 valence electrons. The largest absolute Gasteiger partial charge is 0.507 e. The molecule has 0 saturated heterocycles. The van der Waals surface area contributed by atoms with Crippen molar-refractivity contribution in [2.75, 3.05) is 0 Å². The Morgan fingerprint density at radius 3 is 2.58 bits per heavy atom. The summed E-state index contributed by atoms with van der Waals surface area (Å²) in [5.41, 5.74) is 6.61. The van der Waals surface area contributed by atoms with Crippen molar-refractivity contribution in [3.63, 3.8) is 0 Å². The number of hydrogen-bond donors (Lipinski definition) is 3. The second-order valence-electron chi connectivity index (χ2n) is 2.12. The van der Waals surface area contributed by atoms with E-state index in [0.29, 0.717) is 0 Å². The van der Waals surface area contributed by atoms with Crippen molar-refractivity contribution in [3.05, 3.63) is 23.8 Å². The fourth-order valence-electron chi connectivity index (χ4n) is 0.770. The van der Waals surface area contributed by atoms with Crippen molar-refractivity contribution in [2.24, 2.45) is 5.11 Å². The maximum absolute atomic E-state index is 10.4. The van der Waals surface area contributed by atoms with Crippen LogP contribution in [0.25, 0.3) is 0 Å². The van der Waals surface area contributed by atoms with Crippen LogP contribution in [-0.4, -0.2) is 16.2 Å². The van der Waals surface area contributed by atoms with Crippen molar-refractivity contribution < 1.29 is 15.0 Å². The molecule has 0 radical (unpaired) electrons. The molecule has 0 aliphatic carbocycles. The van der Waals surface area contributed by atoms with Crippen LogP contribution in [0.2, 0.25) is 0 Å². The molecule has 0 spiro atoms. The van der Waals surface area contributed by atoms with E-state index in [1.54, 1.807) is 0 Å². The lowest BCUT2D eigenvalue weighted by Gasteiger charge is -1.98. The molecule has 5 heteroatoms. The van der Waals surface area contributed by atoms with Crippen LogP contribution in [0.1, 0.15) is 10.4 Å². The molecule has 0 aliphatic rings. The average molecular weight is 166 g/mol. The molecule has 0 unspecified atom stereocenters. The van der Waals surface area contributed by atoms with Gasteiger partial charge in [-0.1, -0.05) is 0 Å². The molecule has 1 rings (SSSR count). The molecule has 0 aromatic heterocycles. The number of hydrogen-bond acceptors (Lipinski definition) is 4. The first-order chi connectivity index (χ1) is 5.65. The number of rotatable bonds is 2. The van der Waals surface area contributed by atoms with Crippen LogP contribution in [0.4, 0.5) is 5.69 Å². The van der Waals surface area contributed by atoms with Gasteiger partial charge in [-0.2, -0.15) is 5.11 Å². The van der Waals surface area contributed by atoms with Crippen LogP contribution in [0.5, 0.6) is 5.75 Å². The van der Waals surface area contributed by atoms with Crippen molar-refractivity contribution in [1.82, 2.24) is 0 Å². The Labute approximate surface area is 67.8 Å². The van der Waals surface area contributed by atoms with Gasteiger partial charge in [-0.05, 0) is 12.1 Å².